The standard InChI is InChI=1S/C10H11FN2O4S2/c1-5-9(6(2)14)18-10(12-5)13-4-7(3-8(13)15)19(11,16)17/h7H,3-4H2,1-2H3. The minimum atomic E-state index is -4.75. The van der Waals surface area contributed by atoms with Crippen molar-refractivity contribution in [2.75, 3.05) is 11.4 Å². The highest BCUT2D eigenvalue weighted by Gasteiger charge is 2.40. The zero-order chi connectivity index (χ0) is 14.4. The molecule has 1 fully saturated rings. The number of amides is 1. The van der Waals surface area contributed by atoms with Gasteiger partial charge in [0.1, 0.15) is 5.25 Å². The second-order valence-electron chi connectivity index (χ2n) is 4.27. The van der Waals surface area contributed by atoms with Crippen molar-refractivity contribution in [2.45, 2.75) is 25.5 Å². The summed E-state index contributed by atoms with van der Waals surface area (Å²) in [4.78, 5) is 28.6. The van der Waals surface area contributed by atoms with E-state index in [-0.39, 0.29) is 17.5 Å². The Hall–Kier alpha value is -1.35. The van der Waals surface area contributed by atoms with Crippen LogP contribution >= 0.6 is 11.3 Å². The van der Waals surface area contributed by atoms with Crippen LogP contribution in [0.1, 0.15) is 28.7 Å². The van der Waals surface area contributed by atoms with Crippen LogP contribution in [-0.2, 0) is 15.0 Å². The van der Waals surface area contributed by atoms with E-state index in [9.17, 15) is 21.9 Å². The number of nitrogens with zero attached hydrogens (tertiary/aromatic N) is 2. The van der Waals surface area contributed by atoms with Crippen molar-refractivity contribution in [2.24, 2.45) is 0 Å². The lowest BCUT2D eigenvalue weighted by atomic mass is 10.3. The number of ketones is 1. The number of carbonyl (C=O) groups is 2. The van der Waals surface area contributed by atoms with E-state index in [0.29, 0.717) is 10.6 Å². The van der Waals surface area contributed by atoms with Crippen molar-refractivity contribution in [1.82, 2.24) is 4.98 Å². The van der Waals surface area contributed by atoms with Crippen LogP contribution in [0, 0.1) is 6.92 Å². The maximum absolute atomic E-state index is 12.9. The molecule has 1 unspecified atom stereocenters. The van der Waals surface area contributed by atoms with Crippen LogP contribution in [0.2, 0.25) is 0 Å². The fraction of sp³-hybridized carbons (Fsp3) is 0.500. The number of hydrogen-bond acceptors (Lipinski definition) is 6. The predicted octanol–water partition coefficient (Wildman–Crippen LogP) is 1.06. The highest BCUT2D eigenvalue weighted by atomic mass is 32.3. The molecule has 0 aromatic carbocycles. The molecule has 1 saturated heterocycles. The Morgan fingerprint density at radius 2 is 2.16 bits per heavy atom. The molecule has 0 saturated carbocycles. The molecule has 0 aliphatic carbocycles. The molecule has 1 amide bonds. The summed E-state index contributed by atoms with van der Waals surface area (Å²) in [5, 5.41) is -1.12. The molecule has 1 aliphatic heterocycles. The van der Waals surface area contributed by atoms with E-state index >= 15 is 0 Å². The summed E-state index contributed by atoms with van der Waals surface area (Å²) in [6, 6.07) is 0. The summed E-state index contributed by atoms with van der Waals surface area (Å²) in [6.07, 6.45) is -0.396. The van der Waals surface area contributed by atoms with E-state index in [0.717, 1.165) is 16.2 Å². The van der Waals surface area contributed by atoms with Crippen LogP contribution in [0.25, 0.3) is 0 Å². The number of anilines is 1. The highest BCUT2D eigenvalue weighted by molar-refractivity contribution is 7.87. The highest BCUT2D eigenvalue weighted by Crippen LogP contribution is 2.31. The average Bonchev–Trinajstić information content (AvgIpc) is 2.80. The molecule has 0 spiro atoms. The fourth-order valence-corrected chi connectivity index (χ4v) is 3.53. The molecule has 104 valence electrons. The molecule has 2 rings (SSSR count). The van der Waals surface area contributed by atoms with Gasteiger partial charge in [0.2, 0.25) is 5.91 Å². The van der Waals surface area contributed by atoms with E-state index in [1.54, 1.807) is 6.92 Å². The number of aromatic nitrogens is 1. The summed E-state index contributed by atoms with van der Waals surface area (Å²) in [6.45, 7) is 2.74. The molecule has 19 heavy (non-hydrogen) atoms. The SMILES string of the molecule is CC(=O)c1sc(N2CC(S(=O)(=O)F)CC2=O)nc1C. The van der Waals surface area contributed by atoms with Crippen molar-refractivity contribution in [3.8, 4) is 0 Å². The number of Topliss-reactive ketones (excluding diaryl/α,β-unsaturated/α-hetero) is 1. The Balaban J connectivity index is 2.31. The van der Waals surface area contributed by atoms with Crippen LogP contribution in [0.3, 0.4) is 0 Å². The van der Waals surface area contributed by atoms with Gasteiger partial charge in [0.05, 0.1) is 10.6 Å². The molecule has 0 N–H and O–H groups in total. The smallest absolute Gasteiger partial charge is 0.294 e. The lowest BCUT2D eigenvalue weighted by Crippen LogP contribution is -2.26. The lowest BCUT2D eigenvalue weighted by molar-refractivity contribution is -0.117. The number of halogens is 1. The number of aryl methyl sites for hydroxylation is 1. The molecule has 1 aromatic heterocycles. The first kappa shape index (κ1) is 14.1. The Morgan fingerprint density at radius 3 is 2.58 bits per heavy atom. The molecular weight excluding hydrogens is 295 g/mol. The van der Waals surface area contributed by atoms with Gasteiger partial charge in [-0.2, -0.15) is 8.42 Å². The molecule has 6 nitrogen and oxygen atoms in total. The molecule has 9 heteroatoms. The van der Waals surface area contributed by atoms with Gasteiger partial charge in [-0.1, -0.05) is 11.3 Å². The molecule has 2 heterocycles. The summed E-state index contributed by atoms with van der Waals surface area (Å²) in [7, 11) is -4.75. The van der Waals surface area contributed by atoms with Crippen LogP contribution in [-0.4, -0.2) is 36.9 Å². The largest absolute Gasteiger partial charge is 0.307 e. The van der Waals surface area contributed by atoms with Crippen LogP contribution in [0.15, 0.2) is 0 Å². The first-order valence-electron chi connectivity index (χ1n) is 5.42. The second-order valence-corrected chi connectivity index (χ2v) is 6.87. The molecular formula is C10H11FN2O4S2. The molecule has 0 radical (unpaired) electrons. The predicted molar refractivity (Wildman–Crippen MR) is 67.6 cm³/mol. The van der Waals surface area contributed by atoms with E-state index in [1.165, 1.54) is 6.92 Å². The minimum absolute atomic E-state index is 0.178. The summed E-state index contributed by atoms with van der Waals surface area (Å²) in [5.41, 5.74) is 0.479. The van der Waals surface area contributed by atoms with Crippen LogP contribution < -0.4 is 4.90 Å². The maximum atomic E-state index is 12.9. The van der Waals surface area contributed by atoms with Crippen LogP contribution in [0.4, 0.5) is 9.02 Å². The van der Waals surface area contributed by atoms with E-state index in [4.69, 9.17) is 0 Å². The number of hydrogen-bond donors (Lipinski definition) is 0. The first-order chi connectivity index (χ1) is 8.70. The molecule has 1 atom stereocenters. The third-order valence-electron chi connectivity index (χ3n) is 2.82. The second kappa shape index (κ2) is 4.64. The summed E-state index contributed by atoms with van der Waals surface area (Å²) in [5.74, 6) is -0.683. The Kier molecular flexibility index (Phi) is 3.43. The van der Waals surface area contributed by atoms with Crippen molar-refractivity contribution in [3.63, 3.8) is 0 Å². The maximum Gasteiger partial charge on any atom is 0.307 e. The van der Waals surface area contributed by atoms with E-state index < -0.39 is 27.8 Å². The van der Waals surface area contributed by atoms with E-state index in [1.807, 2.05) is 0 Å². The molecule has 1 aliphatic rings. The quantitative estimate of drug-likeness (QED) is 0.616. The van der Waals surface area contributed by atoms with Crippen molar-refractivity contribution in [3.05, 3.63) is 10.6 Å². The van der Waals surface area contributed by atoms with Gasteiger partial charge < -0.3 is 0 Å². The van der Waals surface area contributed by atoms with Crippen molar-refractivity contribution in [1.29, 1.82) is 0 Å². The Morgan fingerprint density at radius 1 is 1.53 bits per heavy atom. The zero-order valence-corrected chi connectivity index (χ0v) is 11.8. The van der Waals surface area contributed by atoms with E-state index in [2.05, 4.69) is 4.98 Å². The first-order valence-corrected chi connectivity index (χ1v) is 7.68. The Labute approximate surface area is 113 Å². The van der Waals surface area contributed by atoms with Gasteiger partial charge in [0.25, 0.3) is 0 Å². The third-order valence-corrected chi connectivity index (χ3v) is 5.22. The topological polar surface area (TPSA) is 84.4 Å². The Bertz CT molecular complexity index is 652. The van der Waals surface area contributed by atoms with Gasteiger partial charge in [-0.15, -0.1) is 3.89 Å². The number of rotatable bonds is 3. The average molecular weight is 306 g/mol. The zero-order valence-electron chi connectivity index (χ0n) is 10.2. The normalized spacial score (nSPS) is 20.1. The minimum Gasteiger partial charge on any atom is -0.294 e. The van der Waals surface area contributed by atoms with Gasteiger partial charge in [-0.25, -0.2) is 4.98 Å². The van der Waals surface area contributed by atoms with Gasteiger partial charge in [0.15, 0.2) is 10.9 Å². The monoisotopic (exact) mass is 306 g/mol. The molecule has 0 bridgehead atoms. The van der Waals surface area contributed by atoms with Crippen molar-refractivity contribution < 1.29 is 21.9 Å². The number of carbonyl (C=O) groups excluding carboxylic acids is 2. The lowest BCUT2D eigenvalue weighted by Gasteiger charge is -2.11. The summed E-state index contributed by atoms with van der Waals surface area (Å²) >= 11 is 1.01. The van der Waals surface area contributed by atoms with Gasteiger partial charge in [-0.05, 0) is 6.92 Å². The number of thiazole rings is 1. The van der Waals surface area contributed by atoms with Crippen LogP contribution in [0.5, 0.6) is 0 Å². The van der Waals surface area contributed by atoms with Gasteiger partial charge >= 0.3 is 10.2 Å². The van der Waals surface area contributed by atoms with Crippen molar-refractivity contribution >= 4 is 38.4 Å². The third kappa shape index (κ3) is 2.66. The van der Waals surface area contributed by atoms with Gasteiger partial charge in [0, 0.05) is 19.9 Å². The van der Waals surface area contributed by atoms with Gasteiger partial charge in [-0.3, -0.25) is 14.5 Å². The fourth-order valence-electron chi connectivity index (χ4n) is 1.87. The molecule has 1 aromatic rings. The summed E-state index contributed by atoms with van der Waals surface area (Å²) < 4.78 is 34.5.